The molecule has 1 aromatic carbocycles. The average Bonchev–Trinajstić information content (AvgIpc) is 2.59. The molecule has 5 nitrogen and oxygen atoms in total. The van der Waals surface area contributed by atoms with Crippen LogP contribution < -0.4 is 9.47 Å². The van der Waals surface area contributed by atoms with Crippen molar-refractivity contribution in [3.05, 3.63) is 23.8 Å². The van der Waals surface area contributed by atoms with Gasteiger partial charge in [-0.15, -0.1) is 0 Å². The molecule has 126 valence electrons. The highest BCUT2D eigenvalue weighted by molar-refractivity contribution is 5.43. The fourth-order valence-electron chi connectivity index (χ4n) is 2.85. The first-order valence-corrected chi connectivity index (χ1v) is 8.26. The van der Waals surface area contributed by atoms with Crippen molar-refractivity contribution in [2.24, 2.45) is 5.92 Å². The first-order chi connectivity index (χ1) is 11.3. The summed E-state index contributed by atoms with van der Waals surface area (Å²) in [6.45, 7) is 3.76. The summed E-state index contributed by atoms with van der Waals surface area (Å²) in [6.07, 6.45) is 3.34. The molecule has 0 aromatic heterocycles. The second kappa shape index (κ2) is 9.39. The summed E-state index contributed by atoms with van der Waals surface area (Å²) in [5, 5.41) is 17.8. The van der Waals surface area contributed by atoms with Crippen molar-refractivity contribution >= 4 is 0 Å². The molecule has 0 unspecified atom stereocenters. The Labute approximate surface area is 138 Å². The van der Waals surface area contributed by atoms with E-state index in [0.29, 0.717) is 25.6 Å². The van der Waals surface area contributed by atoms with Gasteiger partial charge in [0.1, 0.15) is 0 Å². The van der Waals surface area contributed by atoms with Gasteiger partial charge in [0.25, 0.3) is 0 Å². The smallest absolute Gasteiger partial charge is 0.161 e. The van der Waals surface area contributed by atoms with Gasteiger partial charge in [-0.05, 0) is 56.0 Å². The summed E-state index contributed by atoms with van der Waals surface area (Å²) in [7, 11) is 1.64. The molecule has 2 rings (SSSR count). The van der Waals surface area contributed by atoms with E-state index in [1.165, 1.54) is 5.56 Å². The Morgan fingerprint density at radius 3 is 2.74 bits per heavy atom. The minimum atomic E-state index is 0.303. The summed E-state index contributed by atoms with van der Waals surface area (Å²) in [5.41, 5.74) is 1.20. The number of aliphatic hydroxyl groups is 1. The van der Waals surface area contributed by atoms with Gasteiger partial charge in [0.15, 0.2) is 11.5 Å². The third-order valence-electron chi connectivity index (χ3n) is 4.29. The summed E-state index contributed by atoms with van der Waals surface area (Å²) in [4.78, 5) is 2.41. The van der Waals surface area contributed by atoms with Crippen molar-refractivity contribution < 1.29 is 14.6 Å². The molecule has 5 heteroatoms. The fraction of sp³-hybridized carbons (Fsp3) is 0.611. The molecule has 0 radical (unpaired) electrons. The number of nitriles is 1. The number of benzene rings is 1. The van der Waals surface area contributed by atoms with Gasteiger partial charge in [-0.25, -0.2) is 0 Å². The fourth-order valence-corrected chi connectivity index (χ4v) is 2.85. The number of piperidine rings is 1. The summed E-state index contributed by atoms with van der Waals surface area (Å²) in [5.74, 6) is 1.93. The molecule has 1 aliphatic rings. The van der Waals surface area contributed by atoms with Crippen molar-refractivity contribution in [1.82, 2.24) is 4.90 Å². The van der Waals surface area contributed by atoms with E-state index in [9.17, 15) is 5.11 Å². The Kier molecular flexibility index (Phi) is 7.18. The second-order valence-corrected chi connectivity index (χ2v) is 6.00. The van der Waals surface area contributed by atoms with Crippen LogP contribution in [-0.2, 0) is 6.54 Å². The van der Waals surface area contributed by atoms with Crippen LogP contribution in [0.25, 0.3) is 0 Å². The van der Waals surface area contributed by atoms with Crippen molar-refractivity contribution in [3.63, 3.8) is 0 Å². The van der Waals surface area contributed by atoms with Gasteiger partial charge in [-0.3, -0.25) is 4.90 Å². The molecular weight excluding hydrogens is 292 g/mol. The third-order valence-corrected chi connectivity index (χ3v) is 4.29. The van der Waals surface area contributed by atoms with Crippen molar-refractivity contribution in [1.29, 1.82) is 5.26 Å². The number of likely N-dealkylation sites (tertiary alicyclic amines) is 1. The molecule has 1 aromatic rings. The molecular formula is C18H26N2O3. The largest absolute Gasteiger partial charge is 0.493 e. The van der Waals surface area contributed by atoms with Crippen molar-refractivity contribution in [2.45, 2.75) is 32.2 Å². The maximum Gasteiger partial charge on any atom is 0.161 e. The molecule has 23 heavy (non-hydrogen) atoms. The number of nitrogens with zero attached hydrogens (tertiary/aromatic N) is 2. The van der Waals surface area contributed by atoms with Crippen LogP contribution in [0.15, 0.2) is 18.2 Å². The van der Waals surface area contributed by atoms with Gasteiger partial charge in [0, 0.05) is 19.6 Å². The topological polar surface area (TPSA) is 65.7 Å². The monoisotopic (exact) mass is 318 g/mol. The number of aliphatic hydroxyl groups excluding tert-OH is 1. The van der Waals surface area contributed by atoms with Gasteiger partial charge >= 0.3 is 0 Å². The predicted octanol–water partition coefficient (Wildman–Crippen LogP) is 2.58. The quantitative estimate of drug-likeness (QED) is 0.746. The standard InChI is InChI=1S/C18H26N2O3/c1-22-17-5-4-16(12-18(17)23-11-3-2-8-19)13-20-9-6-15(14-21)7-10-20/h4-5,12,15,21H,2-3,6-7,9-11,13-14H2,1H3. The van der Waals surface area contributed by atoms with E-state index in [-0.39, 0.29) is 0 Å². The lowest BCUT2D eigenvalue weighted by atomic mass is 9.97. The number of ether oxygens (including phenoxy) is 2. The molecule has 1 aliphatic heterocycles. The van der Waals surface area contributed by atoms with Gasteiger partial charge in [0.05, 0.1) is 19.8 Å². The zero-order valence-electron chi connectivity index (χ0n) is 13.8. The zero-order chi connectivity index (χ0) is 16.5. The van der Waals surface area contributed by atoms with Crippen LogP contribution in [0.1, 0.15) is 31.2 Å². The van der Waals surface area contributed by atoms with Crippen LogP contribution >= 0.6 is 0 Å². The highest BCUT2D eigenvalue weighted by Gasteiger charge is 2.18. The Balaban J connectivity index is 1.93. The number of unbranched alkanes of at least 4 members (excludes halogenated alkanes) is 1. The minimum absolute atomic E-state index is 0.303. The van der Waals surface area contributed by atoms with Crippen molar-refractivity contribution in [3.8, 4) is 17.6 Å². The SMILES string of the molecule is COc1ccc(CN2CCC(CO)CC2)cc1OCCCC#N. The highest BCUT2D eigenvalue weighted by atomic mass is 16.5. The van der Waals surface area contributed by atoms with Crippen molar-refractivity contribution in [2.75, 3.05) is 33.4 Å². The Bertz CT molecular complexity index is 519. The lowest BCUT2D eigenvalue weighted by Crippen LogP contribution is -2.34. The van der Waals surface area contributed by atoms with E-state index in [1.807, 2.05) is 12.1 Å². The maximum atomic E-state index is 9.21. The van der Waals surface area contributed by atoms with Crippen LogP contribution in [0.4, 0.5) is 0 Å². The van der Waals surface area contributed by atoms with Gasteiger partial charge in [-0.2, -0.15) is 5.26 Å². The molecule has 0 saturated carbocycles. The molecule has 0 atom stereocenters. The lowest BCUT2D eigenvalue weighted by molar-refractivity contribution is 0.127. The van der Waals surface area contributed by atoms with Crippen LogP contribution in [-0.4, -0.2) is 43.4 Å². The molecule has 1 heterocycles. The first kappa shape index (κ1) is 17.6. The summed E-state index contributed by atoms with van der Waals surface area (Å²) >= 11 is 0. The van der Waals surface area contributed by atoms with Gasteiger partial charge < -0.3 is 14.6 Å². The maximum absolute atomic E-state index is 9.21. The van der Waals surface area contributed by atoms with E-state index in [2.05, 4.69) is 17.0 Å². The molecule has 0 amide bonds. The Morgan fingerprint density at radius 2 is 2.09 bits per heavy atom. The van der Waals surface area contributed by atoms with Gasteiger partial charge in [-0.1, -0.05) is 6.07 Å². The lowest BCUT2D eigenvalue weighted by Gasteiger charge is -2.31. The highest BCUT2D eigenvalue weighted by Crippen LogP contribution is 2.29. The summed E-state index contributed by atoms with van der Waals surface area (Å²) in [6, 6.07) is 8.16. The zero-order valence-corrected chi connectivity index (χ0v) is 13.8. The normalized spacial score (nSPS) is 16.0. The van der Waals surface area contributed by atoms with E-state index < -0.39 is 0 Å². The second-order valence-electron chi connectivity index (χ2n) is 6.00. The van der Waals surface area contributed by atoms with Crippen LogP contribution in [0.2, 0.25) is 0 Å². The minimum Gasteiger partial charge on any atom is -0.493 e. The molecule has 1 N–H and O–H groups in total. The Morgan fingerprint density at radius 1 is 1.30 bits per heavy atom. The van der Waals surface area contributed by atoms with Gasteiger partial charge in [0.2, 0.25) is 0 Å². The Hall–Kier alpha value is -1.77. The molecule has 1 saturated heterocycles. The third kappa shape index (κ3) is 5.42. The van der Waals surface area contributed by atoms with E-state index in [0.717, 1.165) is 50.4 Å². The van der Waals surface area contributed by atoms with E-state index in [4.69, 9.17) is 14.7 Å². The van der Waals surface area contributed by atoms with E-state index in [1.54, 1.807) is 7.11 Å². The first-order valence-electron chi connectivity index (χ1n) is 8.26. The number of hydrogen-bond acceptors (Lipinski definition) is 5. The molecule has 0 bridgehead atoms. The molecule has 0 spiro atoms. The van der Waals surface area contributed by atoms with Crippen LogP contribution in [0.3, 0.4) is 0 Å². The van der Waals surface area contributed by atoms with Crippen LogP contribution in [0, 0.1) is 17.2 Å². The average molecular weight is 318 g/mol. The van der Waals surface area contributed by atoms with E-state index >= 15 is 0 Å². The number of methoxy groups -OCH3 is 1. The van der Waals surface area contributed by atoms with Crippen LogP contribution in [0.5, 0.6) is 11.5 Å². The number of hydrogen-bond donors (Lipinski definition) is 1. The molecule has 1 fully saturated rings. The predicted molar refractivity (Wildman–Crippen MR) is 88.4 cm³/mol. The number of rotatable bonds is 8. The summed E-state index contributed by atoms with van der Waals surface area (Å²) < 4.78 is 11.1. The molecule has 0 aliphatic carbocycles.